The van der Waals surface area contributed by atoms with E-state index in [9.17, 15) is 4.79 Å². The molecule has 1 aromatic carbocycles. The molecule has 0 spiro atoms. The Morgan fingerprint density at radius 1 is 1.25 bits per heavy atom. The Balaban J connectivity index is 2.11. The Hall–Kier alpha value is -2.56. The standard InChI is InChI=1S/C15H17N3O2/c1-18(2)14-8-7-11(10-16-14)15(19)17-12-5-4-6-13(9-12)20-3/h4-10H,1-3H3,(H,17,19). The largest absolute Gasteiger partial charge is 0.497 e. The zero-order chi connectivity index (χ0) is 14.5. The van der Waals surface area contributed by atoms with Crippen LogP contribution in [0, 0.1) is 0 Å². The van der Waals surface area contributed by atoms with Crippen LogP contribution < -0.4 is 15.0 Å². The molecule has 0 fully saturated rings. The highest BCUT2D eigenvalue weighted by molar-refractivity contribution is 6.04. The summed E-state index contributed by atoms with van der Waals surface area (Å²) in [6.45, 7) is 0. The third-order valence-corrected chi connectivity index (χ3v) is 2.80. The molecule has 0 aliphatic carbocycles. The summed E-state index contributed by atoms with van der Waals surface area (Å²) in [5.74, 6) is 1.31. The Bertz CT molecular complexity index is 594. The summed E-state index contributed by atoms with van der Waals surface area (Å²) in [6.07, 6.45) is 1.56. The first-order chi connectivity index (χ1) is 9.60. The average molecular weight is 271 g/mol. The minimum atomic E-state index is -0.198. The van der Waals surface area contributed by atoms with Crippen molar-refractivity contribution in [1.82, 2.24) is 4.98 Å². The SMILES string of the molecule is COc1cccc(NC(=O)c2ccc(N(C)C)nc2)c1. The number of carbonyl (C=O) groups is 1. The van der Waals surface area contributed by atoms with Gasteiger partial charge in [-0.2, -0.15) is 0 Å². The molecule has 1 heterocycles. The number of carbonyl (C=O) groups excluding carboxylic acids is 1. The fourth-order valence-electron chi connectivity index (χ4n) is 1.69. The molecule has 1 N–H and O–H groups in total. The number of methoxy groups -OCH3 is 1. The van der Waals surface area contributed by atoms with Crippen LogP contribution in [0.3, 0.4) is 0 Å². The van der Waals surface area contributed by atoms with Gasteiger partial charge < -0.3 is 15.0 Å². The van der Waals surface area contributed by atoms with Gasteiger partial charge in [0.2, 0.25) is 0 Å². The van der Waals surface area contributed by atoms with E-state index < -0.39 is 0 Å². The van der Waals surface area contributed by atoms with Gasteiger partial charge in [0, 0.05) is 32.0 Å². The highest BCUT2D eigenvalue weighted by Crippen LogP contribution is 2.17. The maximum absolute atomic E-state index is 12.1. The number of benzene rings is 1. The minimum absolute atomic E-state index is 0.198. The topological polar surface area (TPSA) is 54.5 Å². The predicted octanol–water partition coefficient (Wildman–Crippen LogP) is 2.41. The maximum atomic E-state index is 12.1. The third-order valence-electron chi connectivity index (χ3n) is 2.80. The Labute approximate surface area is 118 Å². The van der Waals surface area contributed by atoms with E-state index in [1.165, 1.54) is 0 Å². The van der Waals surface area contributed by atoms with Gasteiger partial charge in [-0.1, -0.05) is 6.07 Å². The summed E-state index contributed by atoms with van der Waals surface area (Å²) in [6, 6.07) is 10.8. The van der Waals surface area contributed by atoms with E-state index in [1.54, 1.807) is 31.5 Å². The molecular weight excluding hydrogens is 254 g/mol. The molecule has 0 aliphatic rings. The highest BCUT2D eigenvalue weighted by Gasteiger charge is 2.07. The number of amides is 1. The molecule has 0 radical (unpaired) electrons. The summed E-state index contributed by atoms with van der Waals surface area (Å²) in [5, 5.41) is 2.81. The van der Waals surface area contributed by atoms with E-state index in [4.69, 9.17) is 4.74 Å². The van der Waals surface area contributed by atoms with Crippen molar-refractivity contribution in [2.75, 3.05) is 31.4 Å². The van der Waals surface area contributed by atoms with E-state index in [0.717, 1.165) is 5.82 Å². The highest BCUT2D eigenvalue weighted by atomic mass is 16.5. The lowest BCUT2D eigenvalue weighted by Gasteiger charge is -2.11. The molecule has 0 unspecified atom stereocenters. The summed E-state index contributed by atoms with van der Waals surface area (Å²) >= 11 is 0. The molecule has 1 aromatic heterocycles. The lowest BCUT2D eigenvalue weighted by Crippen LogP contribution is -2.14. The second-order valence-electron chi connectivity index (χ2n) is 4.49. The van der Waals surface area contributed by atoms with Crippen molar-refractivity contribution in [3.63, 3.8) is 0 Å². The molecule has 0 saturated heterocycles. The lowest BCUT2D eigenvalue weighted by atomic mass is 10.2. The molecule has 0 aliphatic heterocycles. The first kappa shape index (κ1) is 13.9. The van der Waals surface area contributed by atoms with E-state index in [0.29, 0.717) is 17.0 Å². The van der Waals surface area contributed by atoms with E-state index in [-0.39, 0.29) is 5.91 Å². The summed E-state index contributed by atoms with van der Waals surface area (Å²) < 4.78 is 5.12. The van der Waals surface area contributed by atoms with Crippen molar-refractivity contribution >= 4 is 17.4 Å². The molecule has 104 valence electrons. The summed E-state index contributed by atoms with van der Waals surface area (Å²) in [7, 11) is 5.39. The summed E-state index contributed by atoms with van der Waals surface area (Å²) in [5.41, 5.74) is 1.20. The molecule has 5 nitrogen and oxygen atoms in total. The van der Waals surface area contributed by atoms with Crippen molar-refractivity contribution in [1.29, 1.82) is 0 Å². The van der Waals surface area contributed by atoms with E-state index in [1.807, 2.05) is 37.2 Å². The van der Waals surface area contributed by atoms with Crippen molar-refractivity contribution in [2.45, 2.75) is 0 Å². The van der Waals surface area contributed by atoms with Crippen LogP contribution in [-0.4, -0.2) is 32.1 Å². The van der Waals surface area contributed by atoms with Crippen LogP contribution in [0.2, 0.25) is 0 Å². The number of ether oxygens (including phenoxy) is 1. The number of rotatable bonds is 4. The fraction of sp³-hybridized carbons (Fsp3) is 0.200. The molecule has 0 atom stereocenters. The van der Waals surface area contributed by atoms with Gasteiger partial charge in [-0.05, 0) is 24.3 Å². The minimum Gasteiger partial charge on any atom is -0.497 e. The molecule has 2 rings (SSSR count). The number of nitrogens with zero attached hydrogens (tertiary/aromatic N) is 2. The van der Waals surface area contributed by atoms with Gasteiger partial charge in [0.25, 0.3) is 5.91 Å². The Kier molecular flexibility index (Phi) is 4.20. The van der Waals surface area contributed by atoms with Gasteiger partial charge in [-0.25, -0.2) is 4.98 Å². The van der Waals surface area contributed by atoms with Crippen molar-refractivity contribution in [3.05, 3.63) is 48.2 Å². The molecule has 1 amide bonds. The van der Waals surface area contributed by atoms with Crippen LogP contribution in [0.15, 0.2) is 42.6 Å². The molecule has 2 aromatic rings. The second-order valence-corrected chi connectivity index (χ2v) is 4.49. The van der Waals surface area contributed by atoms with Crippen LogP contribution in [0.4, 0.5) is 11.5 Å². The maximum Gasteiger partial charge on any atom is 0.257 e. The van der Waals surface area contributed by atoms with Crippen LogP contribution in [0.25, 0.3) is 0 Å². The van der Waals surface area contributed by atoms with Crippen molar-refractivity contribution < 1.29 is 9.53 Å². The van der Waals surface area contributed by atoms with Gasteiger partial charge >= 0.3 is 0 Å². The van der Waals surface area contributed by atoms with Gasteiger partial charge in [-0.3, -0.25) is 4.79 Å². The first-order valence-corrected chi connectivity index (χ1v) is 6.19. The smallest absolute Gasteiger partial charge is 0.257 e. The number of hydrogen-bond donors (Lipinski definition) is 1. The number of aromatic nitrogens is 1. The zero-order valence-electron chi connectivity index (χ0n) is 11.8. The van der Waals surface area contributed by atoms with Gasteiger partial charge in [0.1, 0.15) is 11.6 Å². The fourth-order valence-corrected chi connectivity index (χ4v) is 1.69. The average Bonchev–Trinajstić information content (AvgIpc) is 2.47. The van der Waals surface area contributed by atoms with Crippen molar-refractivity contribution in [2.24, 2.45) is 0 Å². The molecule has 20 heavy (non-hydrogen) atoms. The van der Waals surface area contributed by atoms with E-state index in [2.05, 4.69) is 10.3 Å². The van der Waals surface area contributed by atoms with Crippen LogP contribution in [-0.2, 0) is 0 Å². The predicted molar refractivity (Wildman–Crippen MR) is 79.5 cm³/mol. The van der Waals surface area contributed by atoms with Crippen LogP contribution >= 0.6 is 0 Å². The number of pyridine rings is 1. The second kappa shape index (κ2) is 6.06. The van der Waals surface area contributed by atoms with Gasteiger partial charge in [-0.15, -0.1) is 0 Å². The summed E-state index contributed by atoms with van der Waals surface area (Å²) in [4.78, 5) is 18.2. The zero-order valence-corrected chi connectivity index (χ0v) is 11.8. The first-order valence-electron chi connectivity index (χ1n) is 6.19. The van der Waals surface area contributed by atoms with Crippen LogP contribution in [0.1, 0.15) is 10.4 Å². The van der Waals surface area contributed by atoms with Gasteiger partial charge in [0.15, 0.2) is 0 Å². The monoisotopic (exact) mass is 271 g/mol. The quantitative estimate of drug-likeness (QED) is 0.927. The van der Waals surface area contributed by atoms with Gasteiger partial charge in [0.05, 0.1) is 12.7 Å². The van der Waals surface area contributed by atoms with Crippen LogP contribution in [0.5, 0.6) is 5.75 Å². The normalized spacial score (nSPS) is 9.95. The number of anilines is 2. The molecule has 5 heteroatoms. The molecular formula is C15H17N3O2. The number of hydrogen-bond acceptors (Lipinski definition) is 4. The molecule has 0 bridgehead atoms. The van der Waals surface area contributed by atoms with E-state index >= 15 is 0 Å². The van der Waals surface area contributed by atoms with Crippen molar-refractivity contribution in [3.8, 4) is 5.75 Å². The number of nitrogens with one attached hydrogen (secondary N) is 1. The molecule has 0 saturated carbocycles. The lowest BCUT2D eigenvalue weighted by molar-refractivity contribution is 0.102. The third kappa shape index (κ3) is 3.26. The Morgan fingerprint density at radius 2 is 2.05 bits per heavy atom. The Morgan fingerprint density at radius 3 is 2.65 bits per heavy atom.